The van der Waals surface area contributed by atoms with Crippen molar-refractivity contribution in [3.63, 3.8) is 0 Å². The van der Waals surface area contributed by atoms with Gasteiger partial charge in [0.15, 0.2) is 0 Å². The summed E-state index contributed by atoms with van der Waals surface area (Å²) in [6.45, 7) is 5.41. The van der Waals surface area contributed by atoms with Crippen LogP contribution in [0.15, 0.2) is 91.0 Å². The van der Waals surface area contributed by atoms with Gasteiger partial charge in [0.25, 0.3) is 0 Å². The number of piperazine rings is 1. The lowest BCUT2D eigenvalue weighted by molar-refractivity contribution is 0.160. The summed E-state index contributed by atoms with van der Waals surface area (Å²) in [5.41, 5.74) is 2.57. The Hall–Kier alpha value is -2.78. The van der Waals surface area contributed by atoms with E-state index < -0.39 is 0 Å². The maximum Gasteiger partial charge on any atom is 0.125 e. The summed E-state index contributed by atoms with van der Waals surface area (Å²) >= 11 is 0. The fourth-order valence-corrected chi connectivity index (χ4v) is 3.79. The monoisotopic (exact) mass is 372 g/mol. The maximum absolute atomic E-state index is 6.34. The fraction of sp³-hybridized carbons (Fsp3) is 0.280. The molecular weight excluding hydrogens is 344 g/mol. The second-order valence-electron chi connectivity index (χ2n) is 7.28. The molecule has 1 saturated heterocycles. The number of hydrogen-bond acceptors (Lipinski definition) is 3. The number of benzene rings is 3. The molecule has 3 heteroatoms. The molecule has 1 aliphatic heterocycles. The number of hydrogen-bond donors (Lipinski definition) is 0. The Kier molecular flexibility index (Phi) is 6.25. The van der Waals surface area contributed by atoms with Crippen LogP contribution in [0.25, 0.3) is 0 Å². The van der Waals surface area contributed by atoms with Gasteiger partial charge in [-0.05, 0) is 29.8 Å². The van der Waals surface area contributed by atoms with Crippen molar-refractivity contribution in [1.82, 2.24) is 4.90 Å². The molecule has 3 aromatic rings. The third-order valence-corrected chi connectivity index (χ3v) is 5.39. The maximum atomic E-state index is 6.34. The molecule has 28 heavy (non-hydrogen) atoms. The summed E-state index contributed by atoms with van der Waals surface area (Å²) < 4.78 is 6.34. The van der Waals surface area contributed by atoms with Crippen LogP contribution in [-0.4, -0.2) is 37.6 Å². The molecule has 3 aromatic carbocycles. The lowest BCUT2D eigenvalue weighted by Gasteiger charge is -2.36. The van der Waals surface area contributed by atoms with Gasteiger partial charge in [-0.3, -0.25) is 4.90 Å². The van der Waals surface area contributed by atoms with Crippen molar-refractivity contribution in [3.05, 3.63) is 96.6 Å². The van der Waals surface area contributed by atoms with Gasteiger partial charge in [0.05, 0.1) is 0 Å². The van der Waals surface area contributed by atoms with Gasteiger partial charge in [0, 0.05) is 44.8 Å². The van der Waals surface area contributed by atoms with Gasteiger partial charge in [-0.2, -0.15) is 0 Å². The number of ether oxygens (including phenoxy) is 1. The second kappa shape index (κ2) is 9.43. The van der Waals surface area contributed by atoms with E-state index in [4.69, 9.17) is 4.74 Å². The molecule has 1 atom stereocenters. The first kappa shape index (κ1) is 18.6. The third-order valence-electron chi connectivity index (χ3n) is 5.39. The minimum Gasteiger partial charge on any atom is -0.486 e. The fourth-order valence-electron chi connectivity index (χ4n) is 3.79. The van der Waals surface area contributed by atoms with Gasteiger partial charge in [-0.25, -0.2) is 0 Å². The lowest BCUT2D eigenvalue weighted by atomic mass is 10.1. The molecule has 0 aromatic heterocycles. The quantitative estimate of drug-likeness (QED) is 0.579. The lowest BCUT2D eigenvalue weighted by Crippen LogP contribution is -2.46. The zero-order valence-electron chi connectivity index (χ0n) is 16.3. The van der Waals surface area contributed by atoms with Crippen molar-refractivity contribution in [2.75, 3.05) is 37.6 Å². The van der Waals surface area contributed by atoms with Crippen LogP contribution in [0.2, 0.25) is 0 Å². The van der Waals surface area contributed by atoms with E-state index in [1.54, 1.807) is 0 Å². The molecule has 0 amide bonds. The molecule has 1 heterocycles. The Morgan fingerprint density at radius 3 is 1.89 bits per heavy atom. The van der Waals surface area contributed by atoms with E-state index >= 15 is 0 Å². The van der Waals surface area contributed by atoms with Crippen molar-refractivity contribution in [3.8, 4) is 5.75 Å². The number of nitrogens with zero attached hydrogens (tertiary/aromatic N) is 2. The largest absolute Gasteiger partial charge is 0.486 e. The number of rotatable bonds is 7. The van der Waals surface area contributed by atoms with Gasteiger partial charge in [0.2, 0.25) is 0 Å². The van der Waals surface area contributed by atoms with Crippen LogP contribution in [0.3, 0.4) is 0 Å². The molecule has 0 radical (unpaired) electrons. The molecule has 1 unspecified atom stereocenters. The van der Waals surface area contributed by atoms with Crippen LogP contribution in [-0.2, 0) is 0 Å². The minimum absolute atomic E-state index is 0.0794. The molecular formula is C25H28N2O. The Balaban J connectivity index is 1.34. The second-order valence-corrected chi connectivity index (χ2v) is 7.28. The molecule has 0 N–H and O–H groups in total. The predicted molar refractivity (Wildman–Crippen MR) is 116 cm³/mol. The molecule has 1 fully saturated rings. The van der Waals surface area contributed by atoms with Gasteiger partial charge >= 0.3 is 0 Å². The minimum atomic E-state index is 0.0794. The van der Waals surface area contributed by atoms with E-state index in [0.717, 1.165) is 44.9 Å². The molecule has 3 nitrogen and oxygen atoms in total. The molecule has 4 rings (SSSR count). The van der Waals surface area contributed by atoms with Crippen LogP contribution in [0, 0.1) is 0 Å². The Morgan fingerprint density at radius 2 is 1.25 bits per heavy atom. The number of para-hydroxylation sites is 2. The van der Waals surface area contributed by atoms with E-state index in [9.17, 15) is 0 Å². The van der Waals surface area contributed by atoms with Gasteiger partial charge in [0.1, 0.15) is 11.9 Å². The van der Waals surface area contributed by atoms with E-state index in [0.29, 0.717) is 0 Å². The molecule has 0 bridgehead atoms. The van der Waals surface area contributed by atoms with E-state index in [-0.39, 0.29) is 6.10 Å². The van der Waals surface area contributed by atoms with Crippen LogP contribution >= 0.6 is 0 Å². The summed E-state index contributed by atoms with van der Waals surface area (Å²) in [5, 5.41) is 0. The highest BCUT2D eigenvalue weighted by Gasteiger charge is 2.20. The van der Waals surface area contributed by atoms with Crippen molar-refractivity contribution in [2.45, 2.75) is 12.5 Å². The van der Waals surface area contributed by atoms with Gasteiger partial charge in [-0.1, -0.05) is 66.7 Å². The smallest absolute Gasteiger partial charge is 0.125 e. The first-order chi connectivity index (χ1) is 13.9. The zero-order valence-corrected chi connectivity index (χ0v) is 16.3. The topological polar surface area (TPSA) is 15.7 Å². The van der Waals surface area contributed by atoms with Crippen LogP contribution in [0.4, 0.5) is 5.69 Å². The average molecular weight is 373 g/mol. The van der Waals surface area contributed by atoms with Crippen LogP contribution < -0.4 is 9.64 Å². The summed E-state index contributed by atoms with van der Waals surface area (Å²) in [6, 6.07) is 31.5. The summed E-state index contributed by atoms with van der Waals surface area (Å²) in [5.74, 6) is 0.935. The number of anilines is 1. The highest BCUT2D eigenvalue weighted by atomic mass is 16.5. The third kappa shape index (κ3) is 4.93. The van der Waals surface area contributed by atoms with Crippen LogP contribution in [0.1, 0.15) is 18.1 Å². The molecule has 0 spiro atoms. The van der Waals surface area contributed by atoms with Crippen molar-refractivity contribution < 1.29 is 4.74 Å². The molecule has 1 aliphatic rings. The van der Waals surface area contributed by atoms with E-state index in [1.807, 2.05) is 30.3 Å². The summed E-state index contributed by atoms with van der Waals surface area (Å²) in [6.07, 6.45) is 1.07. The van der Waals surface area contributed by atoms with Gasteiger partial charge < -0.3 is 9.64 Å². The highest BCUT2D eigenvalue weighted by Crippen LogP contribution is 2.25. The first-order valence-corrected chi connectivity index (χ1v) is 10.2. The Bertz CT molecular complexity index is 815. The standard InChI is InChI=1S/C25H28N2O/c1-4-10-22(11-5-1)25(28-24-14-8-3-9-15-24)16-17-26-18-20-27(21-19-26)23-12-6-2-7-13-23/h1-15,25H,16-21H2. The van der Waals surface area contributed by atoms with Gasteiger partial charge in [-0.15, -0.1) is 0 Å². The molecule has 144 valence electrons. The molecule has 0 aliphatic carbocycles. The zero-order chi connectivity index (χ0) is 19.0. The first-order valence-electron chi connectivity index (χ1n) is 10.2. The summed E-state index contributed by atoms with van der Waals surface area (Å²) in [7, 11) is 0. The highest BCUT2D eigenvalue weighted by molar-refractivity contribution is 5.46. The predicted octanol–water partition coefficient (Wildman–Crippen LogP) is 5.02. The van der Waals surface area contributed by atoms with E-state index in [2.05, 4.69) is 70.5 Å². The normalized spacial score (nSPS) is 15.9. The SMILES string of the molecule is c1ccc(OC(CCN2CCN(c3ccccc3)CC2)c2ccccc2)cc1. The van der Waals surface area contributed by atoms with Crippen LogP contribution in [0.5, 0.6) is 5.75 Å². The van der Waals surface area contributed by atoms with Crippen molar-refractivity contribution in [2.24, 2.45) is 0 Å². The van der Waals surface area contributed by atoms with E-state index in [1.165, 1.54) is 11.3 Å². The van der Waals surface area contributed by atoms with Crippen molar-refractivity contribution >= 4 is 5.69 Å². The molecule has 0 saturated carbocycles. The van der Waals surface area contributed by atoms with Crippen molar-refractivity contribution in [1.29, 1.82) is 0 Å². The Labute approximate surface area is 168 Å². The summed E-state index contributed by atoms with van der Waals surface area (Å²) in [4.78, 5) is 5.04. The average Bonchev–Trinajstić information content (AvgIpc) is 2.79. The Morgan fingerprint density at radius 1 is 0.679 bits per heavy atom.